The summed E-state index contributed by atoms with van der Waals surface area (Å²) in [6.45, 7) is 23.1. The van der Waals surface area contributed by atoms with E-state index in [4.69, 9.17) is 0 Å². The maximum Gasteiger partial charge on any atom is 0.264 e. The second kappa shape index (κ2) is 16.1. The van der Waals surface area contributed by atoms with Crippen LogP contribution in [0.2, 0.25) is 0 Å². The number of hydrogen-bond donors (Lipinski definition) is 0. The van der Waals surface area contributed by atoms with Gasteiger partial charge in [0.1, 0.15) is 0 Å². The van der Waals surface area contributed by atoms with Gasteiger partial charge in [-0.3, -0.25) is 0 Å². The molecule has 4 heteroatoms. The molecule has 0 atom stereocenters. The summed E-state index contributed by atoms with van der Waals surface area (Å²) in [7, 11) is 0. The molecule has 2 nitrogen and oxygen atoms in total. The first-order valence-corrected chi connectivity index (χ1v) is 27.6. The van der Waals surface area contributed by atoms with E-state index < -0.39 is 5.41 Å². The molecule has 4 aliphatic rings. The van der Waals surface area contributed by atoms with Crippen LogP contribution in [0, 0.1) is 20.8 Å². The van der Waals surface area contributed by atoms with E-state index >= 15 is 0 Å². The largest absolute Gasteiger partial charge is 0.311 e. The molecule has 74 heavy (non-hydrogen) atoms. The van der Waals surface area contributed by atoms with Gasteiger partial charge in [-0.1, -0.05) is 181 Å². The first kappa shape index (κ1) is 45.2. The van der Waals surface area contributed by atoms with Gasteiger partial charge >= 0.3 is 0 Å². The minimum atomic E-state index is -0.453. The van der Waals surface area contributed by atoms with Gasteiger partial charge in [-0.05, 0) is 181 Å². The van der Waals surface area contributed by atoms with Crippen molar-refractivity contribution in [2.75, 3.05) is 9.80 Å². The zero-order valence-electron chi connectivity index (χ0n) is 44.3. The molecule has 2 aliphatic heterocycles. The highest BCUT2D eigenvalue weighted by Gasteiger charge is 2.53. The first-order valence-electron chi connectivity index (χ1n) is 26.8. The van der Waals surface area contributed by atoms with Crippen LogP contribution in [0.5, 0.6) is 0 Å². The van der Waals surface area contributed by atoms with Crippen molar-refractivity contribution >= 4 is 78.0 Å². The van der Waals surface area contributed by atoms with Crippen molar-refractivity contribution in [2.45, 2.75) is 91.9 Å². The van der Waals surface area contributed by atoms with Gasteiger partial charge in [-0.25, -0.2) is 0 Å². The van der Waals surface area contributed by atoms with Crippen LogP contribution in [-0.2, 0) is 10.8 Å². The lowest BCUT2D eigenvalue weighted by Gasteiger charge is -2.43. The fourth-order valence-electron chi connectivity index (χ4n) is 13.7. The number of thiophene rings is 1. The average Bonchev–Trinajstić information content (AvgIpc) is 4.06. The molecule has 1 spiro atoms. The van der Waals surface area contributed by atoms with E-state index in [1.165, 1.54) is 149 Å². The van der Waals surface area contributed by atoms with E-state index in [0.29, 0.717) is 11.8 Å². The van der Waals surface area contributed by atoms with Crippen molar-refractivity contribution < 1.29 is 0 Å². The predicted molar refractivity (Wildman–Crippen MR) is 319 cm³/mol. The minimum Gasteiger partial charge on any atom is -0.311 e. The third-order valence-electron chi connectivity index (χ3n) is 17.1. The number of rotatable bonds is 5. The Bertz CT molecular complexity index is 3920. The zero-order chi connectivity index (χ0) is 50.7. The summed E-state index contributed by atoms with van der Waals surface area (Å²) in [6.07, 6.45) is 0. The number of fused-ring (bicyclic) bond motifs is 16. The number of aryl methyl sites for hydroxylation is 3. The number of anilines is 6. The van der Waals surface area contributed by atoms with Crippen molar-refractivity contribution in [1.29, 1.82) is 0 Å². The fourth-order valence-corrected chi connectivity index (χ4v) is 15.0. The molecule has 0 saturated carbocycles. The molecule has 9 aromatic carbocycles. The van der Waals surface area contributed by atoms with Crippen molar-refractivity contribution in [3.63, 3.8) is 0 Å². The van der Waals surface area contributed by atoms with Crippen LogP contribution in [0.4, 0.5) is 34.1 Å². The maximum absolute atomic E-state index is 2.64. The van der Waals surface area contributed by atoms with Crippen LogP contribution in [0.15, 0.2) is 176 Å². The van der Waals surface area contributed by atoms with Gasteiger partial charge in [0.05, 0.1) is 11.1 Å². The van der Waals surface area contributed by atoms with Gasteiger partial charge < -0.3 is 9.80 Å². The summed E-state index contributed by atoms with van der Waals surface area (Å²) in [4.78, 5) is 5.23. The standard InChI is InChI=1S/C70H61BN2S/c1-40(2)49-18-15-19-50(41(3)4)65(49)45-26-33-60-61(36-45)72(47-28-22-42(5)23-29-47)62-34-44(7)35-63-66(62)71(60)68-67(73(63)48-30-24-43(6)25-31-48)55-38-54-53-32-27-46(69(8,9)10)37-58(53)70(59(54)39-64(55)74-68)56-20-13-11-16-51(56)52-17-12-14-21-57(52)70/h11-41H,1-10H3. The molecule has 0 unspecified atom stereocenters. The number of benzene rings is 9. The predicted octanol–water partition coefficient (Wildman–Crippen LogP) is 17.5. The molecule has 0 radical (unpaired) electrons. The van der Waals surface area contributed by atoms with Crippen molar-refractivity contribution in [3.05, 3.63) is 232 Å². The number of nitrogens with zero attached hydrogens (tertiary/aromatic N) is 2. The van der Waals surface area contributed by atoms with Crippen LogP contribution in [-0.4, -0.2) is 6.71 Å². The van der Waals surface area contributed by atoms with Crippen molar-refractivity contribution in [3.8, 4) is 33.4 Å². The molecule has 360 valence electrons. The monoisotopic (exact) mass is 972 g/mol. The Hall–Kier alpha value is -7.40. The fraction of sp³-hybridized carbons (Fsp3) is 0.200. The van der Waals surface area contributed by atoms with Crippen molar-refractivity contribution in [2.24, 2.45) is 0 Å². The van der Waals surface area contributed by atoms with Gasteiger partial charge in [0, 0.05) is 43.3 Å². The smallest absolute Gasteiger partial charge is 0.264 e. The quantitative estimate of drug-likeness (QED) is 0.159. The van der Waals surface area contributed by atoms with Crippen LogP contribution >= 0.6 is 11.3 Å². The van der Waals surface area contributed by atoms with E-state index in [0.717, 1.165) is 0 Å². The van der Waals surface area contributed by atoms with Crippen LogP contribution < -0.4 is 25.5 Å². The third-order valence-corrected chi connectivity index (χ3v) is 18.3. The second-order valence-electron chi connectivity index (χ2n) is 23.4. The summed E-state index contributed by atoms with van der Waals surface area (Å²) in [6, 6.07) is 69.0. The molecule has 0 amide bonds. The Morgan fingerprint density at radius 2 is 1.05 bits per heavy atom. The van der Waals surface area contributed by atoms with E-state index in [9.17, 15) is 0 Å². The molecule has 0 N–H and O–H groups in total. The van der Waals surface area contributed by atoms with Crippen molar-refractivity contribution in [1.82, 2.24) is 0 Å². The normalized spacial score (nSPS) is 14.4. The molecule has 0 bridgehead atoms. The van der Waals surface area contributed by atoms with Gasteiger partial charge in [0.2, 0.25) is 0 Å². The highest BCUT2D eigenvalue weighted by molar-refractivity contribution is 7.33. The lowest BCUT2D eigenvalue weighted by atomic mass is 9.36. The van der Waals surface area contributed by atoms with E-state index in [1.54, 1.807) is 0 Å². The molecule has 1 aromatic heterocycles. The SMILES string of the molecule is Cc1ccc(N2c3cc(-c4c(C(C)C)cccc4C(C)C)ccc3B3c4sc5cc6c(cc5c4N(c4ccc(C)cc4)c4cc(C)cc2c43)-c2ccc(C(C)(C)C)cc2C62c3ccccc3-c3ccccc32)cc1. The number of hydrogen-bond acceptors (Lipinski definition) is 3. The highest BCUT2D eigenvalue weighted by atomic mass is 32.1. The zero-order valence-corrected chi connectivity index (χ0v) is 45.1. The highest BCUT2D eigenvalue weighted by Crippen LogP contribution is 2.64. The van der Waals surface area contributed by atoms with Crippen LogP contribution in [0.3, 0.4) is 0 Å². The maximum atomic E-state index is 2.64. The van der Waals surface area contributed by atoms with Gasteiger partial charge in [-0.2, -0.15) is 0 Å². The molecule has 0 fully saturated rings. The van der Waals surface area contributed by atoms with Gasteiger partial charge in [0.25, 0.3) is 6.71 Å². The van der Waals surface area contributed by atoms with E-state index in [2.05, 4.69) is 255 Å². The first-order chi connectivity index (χ1) is 35.7. The Labute approximate surface area is 442 Å². The van der Waals surface area contributed by atoms with Gasteiger partial charge in [-0.15, -0.1) is 11.3 Å². The third kappa shape index (κ3) is 6.24. The van der Waals surface area contributed by atoms with Crippen LogP contribution in [0.1, 0.15) is 116 Å². The Morgan fingerprint density at radius 1 is 0.486 bits per heavy atom. The van der Waals surface area contributed by atoms with Crippen LogP contribution in [0.25, 0.3) is 43.5 Å². The van der Waals surface area contributed by atoms with E-state index in [-0.39, 0.29) is 12.1 Å². The Balaban J connectivity index is 1.09. The molecule has 10 aromatic rings. The summed E-state index contributed by atoms with van der Waals surface area (Å²) in [5.41, 5.74) is 31.2. The molecule has 14 rings (SSSR count). The molecular formula is C70H61BN2S. The second-order valence-corrected chi connectivity index (χ2v) is 24.5. The van der Waals surface area contributed by atoms with E-state index in [1.807, 2.05) is 11.3 Å². The molecule has 0 saturated heterocycles. The lowest BCUT2D eigenvalue weighted by Crippen LogP contribution is -2.60. The molecular weight excluding hydrogens is 912 g/mol. The minimum absolute atomic E-state index is 0.00345. The summed E-state index contributed by atoms with van der Waals surface area (Å²) in [5.74, 6) is 0.760. The Kier molecular flexibility index (Phi) is 9.81. The summed E-state index contributed by atoms with van der Waals surface area (Å²) < 4.78 is 2.73. The molecule has 3 heterocycles. The average molecular weight is 973 g/mol. The lowest BCUT2D eigenvalue weighted by molar-refractivity contribution is 0.588. The topological polar surface area (TPSA) is 6.48 Å². The summed E-state index contributed by atoms with van der Waals surface area (Å²) in [5, 5.41) is 1.31. The Morgan fingerprint density at radius 3 is 1.66 bits per heavy atom. The molecule has 2 aliphatic carbocycles. The van der Waals surface area contributed by atoms with Gasteiger partial charge in [0.15, 0.2) is 0 Å². The summed E-state index contributed by atoms with van der Waals surface area (Å²) >= 11 is 2.02.